The first-order chi connectivity index (χ1) is 8.52. The molecule has 1 fully saturated rings. The van der Waals surface area contributed by atoms with E-state index in [0.717, 1.165) is 5.56 Å². The van der Waals surface area contributed by atoms with Crippen LogP contribution in [0.1, 0.15) is 24.5 Å². The molecule has 0 aliphatic carbocycles. The average molecular weight is 280 g/mol. The van der Waals surface area contributed by atoms with Crippen molar-refractivity contribution in [2.24, 2.45) is 0 Å². The number of carbonyl (C=O) groups excluding carboxylic acids is 2. The molecule has 94 valence electrons. The zero-order valence-electron chi connectivity index (χ0n) is 10.1. The fourth-order valence-corrected chi connectivity index (χ4v) is 3.90. The molecule has 1 aliphatic heterocycles. The molecule has 0 bridgehead atoms. The highest BCUT2D eigenvalue weighted by Gasteiger charge is 2.34. The molecule has 1 aromatic heterocycles. The first-order valence-corrected chi connectivity index (χ1v) is 7.24. The zero-order chi connectivity index (χ0) is 13.3. The molecule has 0 saturated carbocycles. The summed E-state index contributed by atoms with van der Waals surface area (Å²) in [7, 11) is 0. The van der Waals surface area contributed by atoms with Gasteiger partial charge in [-0.25, -0.2) is 0 Å². The normalized spacial score (nSPS) is 19.1. The molecule has 1 saturated heterocycles. The van der Waals surface area contributed by atoms with Crippen LogP contribution in [-0.2, 0) is 9.59 Å². The lowest BCUT2D eigenvalue weighted by atomic mass is 10.2. The number of carbonyl (C=O) groups is 2. The lowest BCUT2D eigenvalue weighted by Gasteiger charge is -2.14. The summed E-state index contributed by atoms with van der Waals surface area (Å²) in [5.74, 6) is -0.00731. The molecule has 0 radical (unpaired) electrons. The van der Waals surface area contributed by atoms with Gasteiger partial charge in [0.25, 0.3) is 0 Å². The number of hydrogen-bond donors (Lipinski definition) is 0. The van der Waals surface area contributed by atoms with Gasteiger partial charge < -0.3 is 4.90 Å². The highest BCUT2D eigenvalue weighted by molar-refractivity contribution is 8.14. The van der Waals surface area contributed by atoms with Crippen molar-refractivity contribution in [1.29, 1.82) is 5.26 Å². The SMILES string of the molecule is CC(=O)SC1CC(=O)N(c2scc(C)c2C#N)C1. The van der Waals surface area contributed by atoms with Gasteiger partial charge in [-0.05, 0) is 17.9 Å². The van der Waals surface area contributed by atoms with Gasteiger partial charge in [0.05, 0.1) is 5.56 Å². The van der Waals surface area contributed by atoms with Crippen LogP contribution in [0.25, 0.3) is 0 Å². The number of thioether (sulfide) groups is 1. The smallest absolute Gasteiger partial charge is 0.228 e. The minimum absolute atomic E-state index is 0.00366. The highest BCUT2D eigenvalue weighted by Crippen LogP contribution is 2.35. The summed E-state index contributed by atoms with van der Waals surface area (Å²) >= 11 is 2.62. The Hall–Kier alpha value is -1.32. The average Bonchev–Trinajstić information content (AvgIpc) is 2.81. The van der Waals surface area contributed by atoms with Crippen LogP contribution in [0, 0.1) is 18.3 Å². The Labute approximate surface area is 114 Å². The first-order valence-electron chi connectivity index (χ1n) is 5.48. The minimum atomic E-state index is -0.00731. The summed E-state index contributed by atoms with van der Waals surface area (Å²) in [5, 5.41) is 11.7. The van der Waals surface area contributed by atoms with E-state index in [0.29, 0.717) is 23.5 Å². The predicted molar refractivity (Wildman–Crippen MR) is 72.8 cm³/mol. The second-order valence-electron chi connectivity index (χ2n) is 4.15. The van der Waals surface area contributed by atoms with Crippen LogP contribution in [0.4, 0.5) is 5.00 Å². The number of aryl methyl sites for hydroxylation is 1. The van der Waals surface area contributed by atoms with Gasteiger partial charge in [-0.2, -0.15) is 5.26 Å². The second kappa shape index (κ2) is 5.12. The van der Waals surface area contributed by atoms with Crippen LogP contribution in [0.5, 0.6) is 0 Å². The van der Waals surface area contributed by atoms with E-state index in [2.05, 4.69) is 6.07 Å². The maximum Gasteiger partial charge on any atom is 0.228 e. The molecule has 1 aliphatic rings. The zero-order valence-corrected chi connectivity index (χ0v) is 11.7. The van der Waals surface area contributed by atoms with Crippen LogP contribution in [0.2, 0.25) is 0 Å². The van der Waals surface area contributed by atoms with E-state index < -0.39 is 0 Å². The van der Waals surface area contributed by atoms with E-state index in [-0.39, 0.29) is 16.3 Å². The Balaban J connectivity index is 2.22. The number of hydrogen-bond acceptors (Lipinski definition) is 5. The van der Waals surface area contributed by atoms with Gasteiger partial charge in [0.1, 0.15) is 11.1 Å². The number of anilines is 1. The molecule has 0 N–H and O–H groups in total. The number of thiophene rings is 1. The van der Waals surface area contributed by atoms with Crippen molar-refractivity contribution in [3.8, 4) is 6.07 Å². The van der Waals surface area contributed by atoms with Gasteiger partial charge in [-0.15, -0.1) is 11.3 Å². The molecule has 0 spiro atoms. The van der Waals surface area contributed by atoms with Crippen molar-refractivity contribution in [1.82, 2.24) is 0 Å². The van der Waals surface area contributed by atoms with Crippen molar-refractivity contribution >= 4 is 39.1 Å². The fraction of sp³-hybridized carbons (Fsp3) is 0.417. The van der Waals surface area contributed by atoms with Crippen molar-refractivity contribution < 1.29 is 9.59 Å². The Morgan fingerprint density at radius 3 is 3.00 bits per heavy atom. The Bertz CT molecular complexity index is 545. The van der Waals surface area contributed by atoms with E-state index in [9.17, 15) is 9.59 Å². The quantitative estimate of drug-likeness (QED) is 0.834. The number of amides is 1. The third kappa shape index (κ3) is 2.42. The number of rotatable bonds is 2. The Kier molecular flexibility index (Phi) is 3.73. The highest BCUT2D eigenvalue weighted by atomic mass is 32.2. The summed E-state index contributed by atoms with van der Waals surface area (Å²) in [5.41, 5.74) is 1.47. The maximum absolute atomic E-state index is 11.9. The molecule has 6 heteroatoms. The molecule has 2 rings (SSSR count). The van der Waals surface area contributed by atoms with E-state index >= 15 is 0 Å². The van der Waals surface area contributed by atoms with Gasteiger partial charge in [-0.1, -0.05) is 11.8 Å². The molecule has 1 atom stereocenters. The molecule has 1 unspecified atom stereocenters. The summed E-state index contributed by atoms with van der Waals surface area (Å²) in [6, 6.07) is 2.14. The predicted octanol–water partition coefficient (Wildman–Crippen LogP) is 2.31. The van der Waals surface area contributed by atoms with E-state index in [1.807, 2.05) is 12.3 Å². The Morgan fingerprint density at radius 2 is 2.39 bits per heavy atom. The van der Waals surface area contributed by atoms with Crippen molar-refractivity contribution in [3.05, 3.63) is 16.5 Å². The van der Waals surface area contributed by atoms with E-state index in [1.54, 1.807) is 4.90 Å². The first kappa shape index (κ1) is 13.1. The monoisotopic (exact) mass is 280 g/mol. The number of nitrogens with zero attached hydrogens (tertiary/aromatic N) is 2. The summed E-state index contributed by atoms with van der Waals surface area (Å²) in [4.78, 5) is 24.6. The van der Waals surface area contributed by atoms with Gasteiger partial charge in [0, 0.05) is 25.1 Å². The van der Waals surface area contributed by atoms with Crippen LogP contribution in [0.15, 0.2) is 5.38 Å². The van der Waals surface area contributed by atoms with Gasteiger partial charge in [-0.3, -0.25) is 9.59 Å². The molecule has 4 nitrogen and oxygen atoms in total. The van der Waals surface area contributed by atoms with Crippen molar-refractivity contribution in [2.45, 2.75) is 25.5 Å². The topological polar surface area (TPSA) is 61.2 Å². The molecule has 0 aromatic carbocycles. The minimum Gasteiger partial charge on any atom is -0.302 e. The molecule has 1 amide bonds. The molecule has 18 heavy (non-hydrogen) atoms. The van der Waals surface area contributed by atoms with Gasteiger partial charge in [0.15, 0.2) is 5.12 Å². The molecular formula is C12H12N2O2S2. The van der Waals surface area contributed by atoms with Crippen LogP contribution < -0.4 is 4.90 Å². The lowest BCUT2D eigenvalue weighted by Crippen LogP contribution is -2.24. The van der Waals surface area contributed by atoms with Crippen molar-refractivity contribution in [2.75, 3.05) is 11.4 Å². The van der Waals surface area contributed by atoms with Crippen molar-refractivity contribution in [3.63, 3.8) is 0 Å². The third-order valence-electron chi connectivity index (χ3n) is 2.73. The maximum atomic E-state index is 11.9. The van der Waals surface area contributed by atoms with Crippen LogP contribution >= 0.6 is 23.1 Å². The van der Waals surface area contributed by atoms with Gasteiger partial charge >= 0.3 is 0 Å². The lowest BCUT2D eigenvalue weighted by molar-refractivity contribution is -0.117. The summed E-state index contributed by atoms with van der Waals surface area (Å²) < 4.78 is 0. The molecular weight excluding hydrogens is 268 g/mol. The van der Waals surface area contributed by atoms with E-state index in [4.69, 9.17) is 5.26 Å². The second-order valence-corrected chi connectivity index (χ2v) is 6.49. The van der Waals surface area contributed by atoms with Crippen LogP contribution in [0.3, 0.4) is 0 Å². The molecule has 1 aromatic rings. The van der Waals surface area contributed by atoms with Gasteiger partial charge in [0.2, 0.25) is 5.91 Å². The summed E-state index contributed by atoms with van der Waals surface area (Å²) in [6.07, 6.45) is 0.367. The number of nitriles is 1. The fourth-order valence-electron chi connectivity index (χ4n) is 1.95. The summed E-state index contributed by atoms with van der Waals surface area (Å²) in [6.45, 7) is 3.88. The largest absolute Gasteiger partial charge is 0.302 e. The van der Waals surface area contributed by atoms with Crippen LogP contribution in [-0.4, -0.2) is 22.8 Å². The van der Waals surface area contributed by atoms with E-state index in [1.165, 1.54) is 30.0 Å². The third-order valence-corrected chi connectivity index (χ3v) is 4.83. The molecule has 2 heterocycles. The standard InChI is InChI=1S/C12H12N2O2S2/c1-7-6-17-12(10(7)4-13)14-5-9(3-11(14)16)18-8(2)15/h6,9H,3,5H2,1-2H3. The Morgan fingerprint density at radius 1 is 1.67 bits per heavy atom.